The van der Waals surface area contributed by atoms with Gasteiger partial charge in [-0.3, -0.25) is 9.78 Å². The molecule has 0 aliphatic carbocycles. The zero-order valence-corrected chi connectivity index (χ0v) is 11.8. The zero-order chi connectivity index (χ0) is 14.4. The van der Waals surface area contributed by atoms with Crippen LogP contribution in [0.15, 0.2) is 24.5 Å². The maximum absolute atomic E-state index is 12.0. The van der Waals surface area contributed by atoms with E-state index in [9.17, 15) is 13.2 Å². The SMILES string of the molecule is O=C(NCCS(=O)(=O)N1CCOCC1)c1ccncc1. The summed E-state index contributed by atoms with van der Waals surface area (Å²) in [6.45, 7) is 1.67. The molecule has 20 heavy (non-hydrogen) atoms. The molecule has 0 spiro atoms. The molecular formula is C12H17N3O4S. The topological polar surface area (TPSA) is 88.6 Å². The third kappa shape index (κ3) is 3.99. The third-order valence-electron chi connectivity index (χ3n) is 2.95. The van der Waals surface area contributed by atoms with Crippen molar-refractivity contribution in [1.82, 2.24) is 14.6 Å². The van der Waals surface area contributed by atoms with Crippen molar-refractivity contribution in [2.75, 3.05) is 38.6 Å². The van der Waals surface area contributed by atoms with Crippen molar-refractivity contribution in [3.05, 3.63) is 30.1 Å². The summed E-state index contributed by atoms with van der Waals surface area (Å²) in [5, 5.41) is 2.59. The number of hydrogen-bond acceptors (Lipinski definition) is 5. The predicted molar refractivity (Wildman–Crippen MR) is 72.7 cm³/mol. The molecule has 1 aliphatic rings. The minimum atomic E-state index is -3.33. The summed E-state index contributed by atoms with van der Waals surface area (Å²) >= 11 is 0. The minimum Gasteiger partial charge on any atom is -0.379 e. The maximum Gasteiger partial charge on any atom is 0.251 e. The Labute approximate surface area is 118 Å². The van der Waals surface area contributed by atoms with Gasteiger partial charge in [-0.25, -0.2) is 8.42 Å². The monoisotopic (exact) mass is 299 g/mol. The van der Waals surface area contributed by atoms with Crippen LogP contribution in [-0.2, 0) is 14.8 Å². The van der Waals surface area contributed by atoms with E-state index in [0.717, 1.165) is 0 Å². The number of sulfonamides is 1. The van der Waals surface area contributed by atoms with E-state index >= 15 is 0 Å². The first-order chi connectivity index (χ1) is 9.59. The molecule has 0 bridgehead atoms. The van der Waals surface area contributed by atoms with Gasteiger partial charge in [0.2, 0.25) is 10.0 Å². The summed E-state index contributed by atoms with van der Waals surface area (Å²) in [5.41, 5.74) is 0.462. The van der Waals surface area contributed by atoms with Crippen LogP contribution in [0.2, 0.25) is 0 Å². The van der Waals surface area contributed by atoms with E-state index < -0.39 is 10.0 Å². The van der Waals surface area contributed by atoms with Crippen molar-refractivity contribution in [3.63, 3.8) is 0 Å². The average molecular weight is 299 g/mol. The summed E-state index contributed by atoms with van der Waals surface area (Å²) in [6.07, 6.45) is 3.03. The Morgan fingerprint density at radius 1 is 1.30 bits per heavy atom. The van der Waals surface area contributed by atoms with Gasteiger partial charge in [-0.1, -0.05) is 0 Å². The van der Waals surface area contributed by atoms with Gasteiger partial charge in [0.25, 0.3) is 5.91 Å². The van der Waals surface area contributed by atoms with Crippen LogP contribution in [0.4, 0.5) is 0 Å². The predicted octanol–water partition coefficient (Wildman–Crippen LogP) is -0.527. The summed E-state index contributed by atoms with van der Waals surface area (Å²) in [6, 6.07) is 3.15. The normalized spacial score (nSPS) is 16.8. The standard InChI is InChI=1S/C12H17N3O4S/c16-12(11-1-3-13-4-2-11)14-5-10-20(17,18)15-6-8-19-9-7-15/h1-4H,5-10H2,(H,14,16). The van der Waals surface area contributed by atoms with Crippen molar-refractivity contribution >= 4 is 15.9 Å². The van der Waals surface area contributed by atoms with Gasteiger partial charge in [-0.15, -0.1) is 0 Å². The number of amides is 1. The smallest absolute Gasteiger partial charge is 0.251 e. The second kappa shape index (κ2) is 6.78. The van der Waals surface area contributed by atoms with Crippen LogP contribution in [0, 0.1) is 0 Å². The average Bonchev–Trinajstić information content (AvgIpc) is 2.49. The van der Waals surface area contributed by atoms with Crippen LogP contribution in [0.1, 0.15) is 10.4 Å². The van der Waals surface area contributed by atoms with E-state index in [-0.39, 0.29) is 18.2 Å². The Balaban J connectivity index is 1.81. The largest absolute Gasteiger partial charge is 0.379 e. The van der Waals surface area contributed by atoms with Crippen molar-refractivity contribution < 1.29 is 17.9 Å². The zero-order valence-electron chi connectivity index (χ0n) is 11.0. The number of carbonyl (C=O) groups excluding carboxylic acids is 1. The van der Waals surface area contributed by atoms with Gasteiger partial charge >= 0.3 is 0 Å². The van der Waals surface area contributed by atoms with Gasteiger partial charge in [0.1, 0.15) is 0 Å². The molecule has 7 nitrogen and oxygen atoms in total. The van der Waals surface area contributed by atoms with Crippen LogP contribution in [0.5, 0.6) is 0 Å². The van der Waals surface area contributed by atoms with E-state index in [1.165, 1.54) is 16.7 Å². The van der Waals surface area contributed by atoms with E-state index in [1.54, 1.807) is 12.1 Å². The molecule has 0 atom stereocenters. The summed E-state index contributed by atoms with van der Waals surface area (Å²) in [5.74, 6) is -0.409. The number of ether oxygens (including phenoxy) is 1. The number of hydrogen-bond donors (Lipinski definition) is 1. The van der Waals surface area contributed by atoms with Crippen LogP contribution in [0.3, 0.4) is 0 Å². The first kappa shape index (κ1) is 14.9. The van der Waals surface area contributed by atoms with Crippen LogP contribution in [0.25, 0.3) is 0 Å². The van der Waals surface area contributed by atoms with Crippen LogP contribution >= 0.6 is 0 Å². The molecule has 1 aliphatic heterocycles. The molecule has 110 valence electrons. The number of nitrogens with zero attached hydrogens (tertiary/aromatic N) is 2. The highest BCUT2D eigenvalue weighted by molar-refractivity contribution is 7.89. The van der Waals surface area contributed by atoms with Crippen molar-refractivity contribution in [3.8, 4) is 0 Å². The molecule has 1 saturated heterocycles. The molecule has 1 aromatic rings. The molecule has 2 rings (SSSR count). The van der Waals surface area contributed by atoms with Gasteiger partial charge in [0, 0.05) is 37.6 Å². The molecule has 1 amide bonds. The highest BCUT2D eigenvalue weighted by Gasteiger charge is 2.23. The first-order valence-electron chi connectivity index (χ1n) is 6.33. The lowest BCUT2D eigenvalue weighted by atomic mass is 10.2. The maximum atomic E-state index is 12.0. The van der Waals surface area contributed by atoms with Crippen LogP contribution in [-0.4, -0.2) is 62.2 Å². The molecule has 1 aromatic heterocycles. The van der Waals surface area contributed by atoms with Gasteiger partial charge in [0.15, 0.2) is 0 Å². The number of pyridine rings is 1. The highest BCUT2D eigenvalue weighted by Crippen LogP contribution is 2.05. The van der Waals surface area contributed by atoms with E-state index in [1.807, 2.05) is 0 Å². The molecule has 0 aromatic carbocycles. The molecule has 1 fully saturated rings. The second-order valence-corrected chi connectivity index (χ2v) is 6.41. The van der Waals surface area contributed by atoms with Gasteiger partial charge in [-0.2, -0.15) is 4.31 Å². The fourth-order valence-electron chi connectivity index (χ4n) is 1.85. The van der Waals surface area contributed by atoms with Gasteiger partial charge in [0.05, 0.1) is 19.0 Å². The third-order valence-corrected chi connectivity index (χ3v) is 4.82. The Bertz CT molecular complexity index is 541. The lowest BCUT2D eigenvalue weighted by Crippen LogP contribution is -2.43. The van der Waals surface area contributed by atoms with Crippen molar-refractivity contribution in [2.24, 2.45) is 0 Å². The molecule has 1 N–H and O–H groups in total. The molecule has 8 heteroatoms. The number of morpholine rings is 1. The van der Waals surface area contributed by atoms with E-state index in [2.05, 4.69) is 10.3 Å². The number of nitrogens with one attached hydrogen (secondary N) is 1. The highest BCUT2D eigenvalue weighted by atomic mass is 32.2. The number of carbonyl (C=O) groups is 1. The van der Waals surface area contributed by atoms with Gasteiger partial charge < -0.3 is 10.1 Å². The number of rotatable bonds is 5. The molecule has 0 saturated carbocycles. The lowest BCUT2D eigenvalue weighted by molar-refractivity contribution is 0.0730. The fraction of sp³-hybridized carbons (Fsp3) is 0.500. The fourth-order valence-corrected chi connectivity index (χ4v) is 3.18. The Morgan fingerprint density at radius 2 is 1.95 bits per heavy atom. The minimum absolute atomic E-state index is 0.0842. The van der Waals surface area contributed by atoms with Crippen molar-refractivity contribution in [1.29, 1.82) is 0 Å². The van der Waals surface area contributed by atoms with Crippen molar-refractivity contribution in [2.45, 2.75) is 0 Å². The summed E-state index contributed by atoms with van der Waals surface area (Å²) < 4.78 is 30.5. The van der Waals surface area contributed by atoms with E-state index in [0.29, 0.717) is 31.9 Å². The second-order valence-electron chi connectivity index (χ2n) is 4.32. The Kier molecular flexibility index (Phi) is 5.05. The molecule has 0 unspecified atom stereocenters. The Hall–Kier alpha value is -1.51. The molecule has 2 heterocycles. The summed E-state index contributed by atoms with van der Waals surface area (Å²) in [4.78, 5) is 15.6. The lowest BCUT2D eigenvalue weighted by Gasteiger charge is -2.26. The summed E-state index contributed by atoms with van der Waals surface area (Å²) in [7, 11) is -3.33. The molecular weight excluding hydrogens is 282 g/mol. The number of aromatic nitrogens is 1. The first-order valence-corrected chi connectivity index (χ1v) is 7.94. The quantitative estimate of drug-likeness (QED) is 0.790. The van der Waals surface area contributed by atoms with E-state index in [4.69, 9.17) is 4.74 Å². The Morgan fingerprint density at radius 3 is 2.60 bits per heavy atom. The van der Waals surface area contributed by atoms with Gasteiger partial charge in [-0.05, 0) is 12.1 Å². The molecule has 0 radical (unpaired) electrons. The van der Waals surface area contributed by atoms with Crippen LogP contribution < -0.4 is 5.32 Å².